The summed E-state index contributed by atoms with van der Waals surface area (Å²) in [5.74, 6) is -0.0804. The van der Waals surface area contributed by atoms with Gasteiger partial charge in [-0.1, -0.05) is 6.07 Å². The van der Waals surface area contributed by atoms with E-state index in [0.717, 1.165) is 31.5 Å². The summed E-state index contributed by atoms with van der Waals surface area (Å²) in [6.45, 7) is 3.32. The monoisotopic (exact) mass is 282 g/mol. The predicted octanol–water partition coefficient (Wildman–Crippen LogP) is 1.14. The molecule has 0 bridgehead atoms. The number of nitrogens with one attached hydrogen (secondary N) is 1. The molecule has 0 unspecified atom stereocenters. The molecule has 0 aromatic heterocycles. The van der Waals surface area contributed by atoms with Gasteiger partial charge < -0.3 is 4.90 Å². The largest absolute Gasteiger partial charge is 0.339 e. The van der Waals surface area contributed by atoms with Crippen LogP contribution in [-0.2, 0) is 10.0 Å². The minimum atomic E-state index is -3.52. The average molecular weight is 282 g/mol. The summed E-state index contributed by atoms with van der Waals surface area (Å²) in [7, 11) is -2.16. The van der Waals surface area contributed by atoms with E-state index in [1.54, 1.807) is 11.0 Å². The molecule has 1 aromatic carbocycles. The van der Waals surface area contributed by atoms with Gasteiger partial charge in [-0.15, -0.1) is 0 Å². The molecule has 0 radical (unpaired) electrons. The van der Waals surface area contributed by atoms with Crippen molar-refractivity contribution in [1.82, 2.24) is 9.62 Å². The Morgan fingerprint density at radius 3 is 2.47 bits per heavy atom. The predicted molar refractivity (Wildman–Crippen MR) is 72.6 cm³/mol. The first-order valence-corrected chi connectivity index (χ1v) is 7.77. The summed E-state index contributed by atoms with van der Waals surface area (Å²) in [5.41, 5.74) is 1.27. The van der Waals surface area contributed by atoms with E-state index in [2.05, 4.69) is 4.72 Å². The molecule has 1 aromatic rings. The highest BCUT2D eigenvalue weighted by Gasteiger charge is 2.22. The van der Waals surface area contributed by atoms with Crippen LogP contribution < -0.4 is 4.72 Å². The molecule has 104 valence electrons. The van der Waals surface area contributed by atoms with Gasteiger partial charge in [0.2, 0.25) is 10.0 Å². The highest BCUT2D eigenvalue weighted by molar-refractivity contribution is 7.89. The number of carbonyl (C=O) groups excluding carboxylic acids is 1. The van der Waals surface area contributed by atoms with Gasteiger partial charge in [-0.2, -0.15) is 0 Å². The van der Waals surface area contributed by atoms with Gasteiger partial charge in [0.15, 0.2) is 0 Å². The van der Waals surface area contributed by atoms with Crippen LogP contribution in [-0.4, -0.2) is 39.4 Å². The standard InChI is InChI=1S/C13H18N2O3S/c1-10-5-6-11(19(17,18)14-2)9-12(10)13(16)15-7-3-4-8-15/h5-6,9,14H,3-4,7-8H2,1-2H3. The molecule has 1 saturated heterocycles. The summed E-state index contributed by atoms with van der Waals surface area (Å²) < 4.78 is 25.8. The second-order valence-electron chi connectivity index (χ2n) is 4.68. The van der Waals surface area contributed by atoms with E-state index in [4.69, 9.17) is 0 Å². The summed E-state index contributed by atoms with van der Waals surface area (Å²) in [6.07, 6.45) is 2.03. The lowest BCUT2D eigenvalue weighted by molar-refractivity contribution is 0.0792. The van der Waals surface area contributed by atoms with E-state index >= 15 is 0 Å². The molecule has 1 aliphatic rings. The van der Waals surface area contributed by atoms with Gasteiger partial charge in [-0.05, 0) is 44.5 Å². The smallest absolute Gasteiger partial charge is 0.254 e. The Bertz CT molecular complexity index is 590. The zero-order valence-corrected chi connectivity index (χ0v) is 12.0. The molecular weight excluding hydrogens is 264 g/mol. The van der Waals surface area contributed by atoms with Crippen molar-refractivity contribution in [3.8, 4) is 0 Å². The van der Waals surface area contributed by atoms with Gasteiger partial charge >= 0.3 is 0 Å². The molecule has 0 saturated carbocycles. The van der Waals surface area contributed by atoms with Crippen molar-refractivity contribution in [3.63, 3.8) is 0 Å². The van der Waals surface area contributed by atoms with Crippen LogP contribution in [0.25, 0.3) is 0 Å². The highest BCUT2D eigenvalue weighted by atomic mass is 32.2. The van der Waals surface area contributed by atoms with Crippen LogP contribution in [0, 0.1) is 6.92 Å². The zero-order chi connectivity index (χ0) is 14.0. The second kappa shape index (κ2) is 5.30. The van der Waals surface area contributed by atoms with Gasteiger partial charge in [-0.25, -0.2) is 13.1 Å². The molecule has 6 heteroatoms. The van der Waals surface area contributed by atoms with E-state index in [0.29, 0.717) is 5.56 Å². The molecular formula is C13H18N2O3S. The van der Waals surface area contributed by atoms with E-state index < -0.39 is 10.0 Å². The SMILES string of the molecule is CNS(=O)(=O)c1ccc(C)c(C(=O)N2CCCC2)c1. The lowest BCUT2D eigenvalue weighted by atomic mass is 10.1. The number of likely N-dealkylation sites (tertiary alicyclic amines) is 1. The van der Waals surface area contributed by atoms with Crippen molar-refractivity contribution in [2.24, 2.45) is 0 Å². The van der Waals surface area contributed by atoms with Crippen molar-refractivity contribution in [1.29, 1.82) is 0 Å². The molecule has 0 aliphatic carbocycles. The van der Waals surface area contributed by atoms with Gasteiger partial charge in [0.1, 0.15) is 0 Å². The van der Waals surface area contributed by atoms with Crippen LogP contribution in [0.3, 0.4) is 0 Å². The fraction of sp³-hybridized carbons (Fsp3) is 0.462. The number of hydrogen-bond donors (Lipinski definition) is 1. The Hall–Kier alpha value is -1.40. The number of hydrogen-bond acceptors (Lipinski definition) is 3. The van der Waals surface area contributed by atoms with Crippen molar-refractivity contribution in [3.05, 3.63) is 29.3 Å². The van der Waals surface area contributed by atoms with Gasteiger partial charge in [0.25, 0.3) is 5.91 Å². The fourth-order valence-electron chi connectivity index (χ4n) is 2.21. The van der Waals surface area contributed by atoms with E-state index in [9.17, 15) is 13.2 Å². The first kappa shape index (κ1) is 14.0. The number of sulfonamides is 1. The number of benzene rings is 1. The molecule has 2 rings (SSSR count). The number of nitrogens with zero attached hydrogens (tertiary/aromatic N) is 1. The topological polar surface area (TPSA) is 66.5 Å². The number of rotatable bonds is 3. The molecule has 1 heterocycles. The number of carbonyl (C=O) groups is 1. The summed E-state index contributed by atoms with van der Waals surface area (Å²) in [6, 6.07) is 4.65. The molecule has 5 nitrogen and oxygen atoms in total. The van der Waals surface area contributed by atoms with Crippen molar-refractivity contribution in [2.75, 3.05) is 20.1 Å². The maximum Gasteiger partial charge on any atom is 0.254 e. The maximum absolute atomic E-state index is 12.3. The Kier molecular flexibility index (Phi) is 3.91. The van der Waals surface area contributed by atoms with E-state index in [1.165, 1.54) is 19.2 Å². The van der Waals surface area contributed by atoms with Gasteiger partial charge in [-0.3, -0.25) is 4.79 Å². The molecule has 1 aliphatic heterocycles. The first-order valence-electron chi connectivity index (χ1n) is 6.29. The molecule has 19 heavy (non-hydrogen) atoms. The van der Waals surface area contributed by atoms with Gasteiger partial charge in [0, 0.05) is 18.7 Å². The lowest BCUT2D eigenvalue weighted by Crippen LogP contribution is -2.28. The van der Waals surface area contributed by atoms with Crippen LogP contribution in [0.1, 0.15) is 28.8 Å². The minimum Gasteiger partial charge on any atom is -0.339 e. The summed E-state index contributed by atoms with van der Waals surface area (Å²) in [5, 5.41) is 0. The molecule has 0 atom stereocenters. The Labute approximate surface area is 113 Å². The number of amides is 1. The Balaban J connectivity index is 2.40. The van der Waals surface area contributed by atoms with Crippen molar-refractivity contribution >= 4 is 15.9 Å². The molecule has 1 amide bonds. The van der Waals surface area contributed by atoms with Crippen LogP contribution in [0.4, 0.5) is 0 Å². The Morgan fingerprint density at radius 1 is 1.26 bits per heavy atom. The molecule has 0 spiro atoms. The minimum absolute atomic E-state index is 0.0804. The first-order chi connectivity index (χ1) is 8.95. The van der Waals surface area contributed by atoms with Crippen LogP contribution >= 0.6 is 0 Å². The normalized spacial score (nSPS) is 15.8. The fourth-order valence-corrected chi connectivity index (χ4v) is 2.96. The van der Waals surface area contributed by atoms with Crippen LogP contribution in [0.15, 0.2) is 23.1 Å². The highest BCUT2D eigenvalue weighted by Crippen LogP contribution is 2.19. The van der Waals surface area contributed by atoms with Crippen molar-refractivity contribution < 1.29 is 13.2 Å². The van der Waals surface area contributed by atoms with Crippen molar-refractivity contribution in [2.45, 2.75) is 24.7 Å². The third-order valence-electron chi connectivity index (χ3n) is 3.41. The third kappa shape index (κ3) is 2.79. The Morgan fingerprint density at radius 2 is 1.89 bits per heavy atom. The van der Waals surface area contributed by atoms with E-state index in [1.807, 2.05) is 6.92 Å². The van der Waals surface area contributed by atoms with E-state index in [-0.39, 0.29) is 10.8 Å². The van der Waals surface area contributed by atoms with Crippen LogP contribution in [0.5, 0.6) is 0 Å². The summed E-state index contributed by atoms with van der Waals surface area (Å²) >= 11 is 0. The second-order valence-corrected chi connectivity index (χ2v) is 6.57. The van der Waals surface area contributed by atoms with Gasteiger partial charge in [0.05, 0.1) is 4.90 Å². The lowest BCUT2D eigenvalue weighted by Gasteiger charge is -2.17. The zero-order valence-electron chi connectivity index (χ0n) is 11.1. The average Bonchev–Trinajstić information content (AvgIpc) is 2.92. The van der Waals surface area contributed by atoms with Crippen LogP contribution in [0.2, 0.25) is 0 Å². The molecule has 1 fully saturated rings. The number of aryl methyl sites for hydroxylation is 1. The maximum atomic E-state index is 12.3. The third-order valence-corrected chi connectivity index (χ3v) is 4.82. The quantitative estimate of drug-likeness (QED) is 0.904. The molecule has 1 N–H and O–H groups in total. The summed E-state index contributed by atoms with van der Waals surface area (Å²) in [4.78, 5) is 14.2.